The van der Waals surface area contributed by atoms with Gasteiger partial charge in [0.25, 0.3) is 0 Å². The zero-order valence-corrected chi connectivity index (χ0v) is 15.0. The van der Waals surface area contributed by atoms with Gasteiger partial charge in [-0.15, -0.1) is 12.4 Å². The molecule has 1 aromatic heterocycles. The first kappa shape index (κ1) is 18.3. The summed E-state index contributed by atoms with van der Waals surface area (Å²) < 4.78 is 5.23. The summed E-state index contributed by atoms with van der Waals surface area (Å²) in [5.41, 5.74) is 2.18. The number of rotatable bonds is 4. The van der Waals surface area contributed by atoms with Crippen LogP contribution in [0.3, 0.4) is 0 Å². The second-order valence-corrected chi connectivity index (χ2v) is 6.81. The molecule has 0 radical (unpaired) electrons. The maximum Gasteiger partial charge on any atom is 0.222 e. The Hall–Kier alpha value is -1.07. The lowest BCUT2D eigenvalue weighted by molar-refractivity contribution is -0.134. The van der Waals surface area contributed by atoms with E-state index in [1.165, 1.54) is 31.2 Å². The minimum absolute atomic E-state index is 0. The predicted octanol–water partition coefficient (Wildman–Crippen LogP) is 2.94. The first-order chi connectivity index (χ1) is 10.6. The van der Waals surface area contributed by atoms with Gasteiger partial charge in [0, 0.05) is 44.7 Å². The summed E-state index contributed by atoms with van der Waals surface area (Å²) in [4.78, 5) is 16.8. The van der Waals surface area contributed by atoms with Crippen LogP contribution in [0.4, 0.5) is 0 Å². The summed E-state index contributed by atoms with van der Waals surface area (Å²) in [5, 5.41) is 4.02. The number of halogens is 1. The Kier molecular flexibility index (Phi) is 6.48. The third-order valence-electron chi connectivity index (χ3n) is 5.23. The van der Waals surface area contributed by atoms with Gasteiger partial charge in [0.1, 0.15) is 5.76 Å². The van der Waals surface area contributed by atoms with Crippen molar-refractivity contribution in [3.63, 3.8) is 0 Å². The van der Waals surface area contributed by atoms with Crippen LogP contribution < -0.4 is 0 Å². The van der Waals surface area contributed by atoms with Crippen molar-refractivity contribution >= 4 is 18.3 Å². The fourth-order valence-electron chi connectivity index (χ4n) is 3.70. The second kappa shape index (κ2) is 8.15. The topological polar surface area (TPSA) is 49.6 Å². The Morgan fingerprint density at radius 1 is 1.17 bits per heavy atom. The zero-order chi connectivity index (χ0) is 15.5. The summed E-state index contributed by atoms with van der Waals surface area (Å²) in [7, 11) is 0. The van der Waals surface area contributed by atoms with E-state index in [4.69, 9.17) is 4.52 Å². The van der Waals surface area contributed by atoms with Crippen LogP contribution in [-0.2, 0) is 11.3 Å². The van der Waals surface area contributed by atoms with Gasteiger partial charge in [-0.05, 0) is 32.6 Å². The van der Waals surface area contributed by atoms with E-state index in [1.54, 1.807) is 0 Å². The molecular weight excluding hydrogens is 314 g/mol. The number of aryl methyl sites for hydroxylation is 2. The van der Waals surface area contributed by atoms with E-state index < -0.39 is 0 Å². The smallest absolute Gasteiger partial charge is 0.222 e. The molecule has 1 saturated carbocycles. The Labute approximate surface area is 144 Å². The molecular formula is C17H28ClN3O2. The van der Waals surface area contributed by atoms with Crippen molar-refractivity contribution in [3.8, 4) is 0 Å². The lowest BCUT2D eigenvalue weighted by Crippen LogP contribution is -2.48. The predicted molar refractivity (Wildman–Crippen MR) is 91.7 cm³/mol. The quantitative estimate of drug-likeness (QED) is 0.844. The minimum Gasteiger partial charge on any atom is -0.361 e. The molecule has 3 rings (SSSR count). The van der Waals surface area contributed by atoms with E-state index in [2.05, 4.69) is 15.0 Å². The van der Waals surface area contributed by atoms with E-state index in [-0.39, 0.29) is 12.4 Å². The van der Waals surface area contributed by atoms with E-state index >= 15 is 0 Å². The molecule has 0 aromatic carbocycles. The molecule has 5 nitrogen and oxygen atoms in total. The first-order valence-corrected chi connectivity index (χ1v) is 8.55. The number of hydrogen-bond donors (Lipinski definition) is 0. The number of hydrogen-bond acceptors (Lipinski definition) is 4. The second-order valence-electron chi connectivity index (χ2n) is 6.81. The van der Waals surface area contributed by atoms with Crippen LogP contribution in [0.15, 0.2) is 4.52 Å². The van der Waals surface area contributed by atoms with Crippen molar-refractivity contribution in [2.45, 2.75) is 52.5 Å². The average Bonchev–Trinajstić information content (AvgIpc) is 3.13. The molecule has 6 heteroatoms. The Morgan fingerprint density at radius 3 is 2.39 bits per heavy atom. The van der Waals surface area contributed by atoms with Crippen molar-refractivity contribution in [2.75, 3.05) is 26.2 Å². The molecule has 2 aliphatic rings. The van der Waals surface area contributed by atoms with Gasteiger partial charge in [-0.1, -0.05) is 18.0 Å². The fraction of sp³-hybridized carbons (Fsp3) is 0.765. The number of piperazine rings is 1. The van der Waals surface area contributed by atoms with E-state index in [0.717, 1.165) is 50.6 Å². The average molecular weight is 342 g/mol. The van der Waals surface area contributed by atoms with Gasteiger partial charge in [0.2, 0.25) is 5.91 Å². The molecule has 1 amide bonds. The summed E-state index contributed by atoms with van der Waals surface area (Å²) in [5.74, 6) is 1.92. The number of amides is 1. The van der Waals surface area contributed by atoms with Crippen molar-refractivity contribution in [2.24, 2.45) is 5.92 Å². The Bertz CT molecular complexity index is 498. The molecule has 0 spiro atoms. The van der Waals surface area contributed by atoms with Gasteiger partial charge in [0.05, 0.1) is 5.69 Å². The lowest BCUT2D eigenvalue weighted by atomic mass is 10.0. The monoisotopic (exact) mass is 341 g/mol. The van der Waals surface area contributed by atoms with Crippen molar-refractivity contribution in [1.29, 1.82) is 0 Å². The fourth-order valence-corrected chi connectivity index (χ4v) is 3.70. The molecule has 1 aromatic rings. The number of carbonyl (C=O) groups excluding carboxylic acids is 1. The lowest BCUT2D eigenvalue weighted by Gasteiger charge is -2.35. The van der Waals surface area contributed by atoms with Crippen molar-refractivity contribution in [3.05, 3.63) is 17.0 Å². The van der Waals surface area contributed by atoms with Gasteiger partial charge >= 0.3 is 0 Å². The maximum absolute atomic E-state index is 12.4. The Morgan fingerprint density at radius 2 is 1.83 bits per heavy atom. The normalized spacial score (nSPS) is 19.8. The van der Waals surface area contributed by atoms with Crippen LogP contribution in [0.25, 0.3) is 0 Å². The van der Waals surface area contributed by atoms with Crippen molar-refractivity contribution in [1.82, 2.24) is 15.0 Å². The van der Waals surface area contributed by atoms with Gasteiger partial charge in [-0.2, -0.15) is 0 Å². The molecule has 0 unspecified atom stereocenters. The third kappa shape index (κ3) is 4.48. The molecule has 0 bridgehead atoms. The molecule has 0 N–H and O–H groups in total. The van der Waals surface area contributed by atoms with Gasteiger partial charge < -0.3 is 9.42 Å². The van der Waals surface area contributed by atoms with Crippen LogP contribution in [-0.4, -0.2) is 47.0 Å². The number of nitrogens with zero attached hydrogens (tertiary/aromatic N) is 3. The third-order valence-corrected chi connectivity index (χ3v) is 5.23. The first-order valence-electron chi connectivity index (χ1n) is 8.55. The maximum atomic E-state index is 12.4. The molecule has 130 valence electrons. The van der Waals surface area contributed by atoms with Gasteiger partial charge in [-0.25, -0.2) is 0 Å². The highest BCUT2D eigenvalue weighted by molar-refractivity contribution is 5.85. The van der Waals surface area contributed by atoms with E-state index in [1.807, 2.05) is 13.8 Å². The highest BCUT2D eigenvalue weighted by Gasteiger charge is 2.25. The zero-order valence-electron chi connectivity index (χ0n) is 14.2. The van der Waals surface area contributed by atoms with Gasteiger partial charge in [0.15, 0.2) is 0 Å². The SMILES string of the molecule is Cc1noc(C)c1CN1CCN(C(=O)CC2CCCC2)CC1.Cl. The highest BCUT2D eigenvalue weighted by atomic mass is 35.5. The molecule has 0 atom stereocenters. The molecule has 23 heavy (non-hydrogen) atoms. The van der Waals surface area contributed by atoms with Crippen LogP contribution >= 0.6 is 12.4 Å². The largest absolute Gasteiger partial charge is 0.361 e. The number of carbonyl (C=O) groups is 1. The summed E-state index contributed by atoms with van der Waals surface area (Å²) >= 11 is 0. The Balaban J connectivity index is 0.00000192. The van der Waals surface area contributed by atoms with Crippen LogP contribution in [0, 0.1) is 19.8 Å². The van der Waals surface area contributed by atoms with E-state index in [0.29, 0.717) is 11.8 Å². The van der Waals surface area contributed by atoms with Crippen LogP contribution in [0.2, 0.25) is 0 Å². The summed E-state index contributed by atoms with van der Waals surface area (Å²) in [6.07, 6.45) is 5.88. The van der Waals surface area contributed by atoms with Crippen molar-refractivity contribution < 1.29 is 9.32 Å². The molecule has 2 heterocycles. The number of aromatic nitrogens is 1. The summed E-state index contributed by atoms with van der Waals surface area (Å²) in [6.45, 7) is 8.44. The minimum atomic E-state index is 0. The summed E-state index contributed by atoms with van der Waals surface area (Å²) in [6, 6.07) is 0. The molecule has 1 saturated heterocycles. The highest BCUT2D eigenvalue weighted by Crippen LogP contribution is 2.28. The van der Waals surface area contributed by atoms with Crippen LogP contribution in [0.1, 0.15) is 49.1 Å². The van der Waals surface area contributed by atoms with Gasteiger partial charge in [-0.3, -0.25) is 9.69 Å². The molecule has 1 aliphatic carbocycles. The molecule has 1 aliphatic heterocycles. The van der Waals surface area contributed by atoms with Crippen LogP contribution in [0.5, 0.6) is 0 Å². The standard InChI is InChI=1S/C17H27N3O2.ClH/c1-13-16(14(2)22-18-13)12-19-7-9-20(10-8-19)17(21)11-15-5-3-4-6-15;/h15H,3-12H2,1-2H3;1H. The molecule has 2 fully saturated rings. The van der Waals surface area contributed by atoms with E-state index in [9.17, 15) is 4.79 Å².